The molecule has 26 heavy (non-hydrogen) atoms. The first-order chi connectivity index (χ1) is 12.6. The topological polar surface area (TPSA) is 62.5 Å². The van der Waals surface area contributed by atoms with Gasteiger partial charge < -0.3 is 15.1 Å². The van der Waals surface area contributed by atoms with Gasteiger partial charge in [0.05, 0.1) is 10.7 Å². The third kappa shape index (κ3) is 4.25. The Balaban J connectivity index is 1.63. The highest BCUT2D eigenvalue weighted by Crippen LogP contribution is 2.25. The summed E-state index contributed by atoms with van der Waals surface area (Å²) in [6.45, 7) is 10.5. The summed E-state index contributed by atoms with van der Waals surface area (Å²) in [5, 5.41) is 9.00. The number of furan rings is 1. The summed E-state index contributed by atoms with van der Waals surface area (Å²) in [6, 6.07) is 8.11. The molecule has 5 nitrogen and oxygen atoms in total. The van der Waals surface area contributed by atoms with Crippen LogP contribution >= 0.6 is 11.3 Å². The van der Waals surface area contributed by atoms with Crippen LogP contribution in [-0.4, -0.2) is 24.0 Å². The molecule has 0 unspecified atom stereocenters. The van der Waals surface area contributed by atoms with Crippen molar-refractivity contribution in [3.8, 4) is 0 Å². The van der Waals surface area contributed by atoms with E-state index in [0.717, 1.165) is 58.5 Å². The molecule has 1 aromatic carbocycles. The van der Waals surface area contributed by atoms with Crippen molar-refractivity contribution in [2.24, 2.45) is 4.99 Å². The van der Waals surface area contributed by atoms with Gasteiger partial charge in [0.15, 0.2) is 5.96 Å². The van der Waals surface area contributed by atoms with E-state index in [1.54, 1.807) is 11.3 Å². The molecule has 3 aromatic rings. The second kappa shape index (κ2) is 8.36. The first-order valence-corrected chi connectivity index (χ1v) is 9.82. The predicted octanol–water partition coefficient (Wildman–Crippen LogP) is 4.11. The maximum atomic E-state index is 5.95. The minimum absolute atomic E-state index is 0.519. The molecule has 0 bridgehead atoms. The van der Waals surface area contributed by atoms with Crippen LogP contribution in [-0.2, 0) is 13.0 Å². The fraction of sp³-hybridized carbons (Fsp3) is 0.400. The van der Waals surface area contributed by atoms with Gasteiger partial charge in [-0.15, -0.1) is 11.3 Å². The summed E-state index contributed by atoms with van der Waals surface area (Å²) in [5.41, 5.74) is 3.21. The average molecular weight is 371 g/mol. The van der Waals surface area contributed by atoms with Crippen molar-refractivity contribution in [2.75, 3.05) is 13.1 Å². The molecule has 2 aromatic heterocycles. The minimum atomic E-state index is 0.519. The lowest BCUT2D eigenvalue weighted by Gasteiger charge is -2.10. The summed E-state index contributed by atoms with van der Waals surface area (Å²) in [6.07, 6.45) is 0.896. The monoisotopic (exact) mass is 370 g/mol. The highest BCUT2D eigenvalue weighted by atomic mass is 32.1. The van der Waals surface area contributed by atoms with Gasteiger partial charge in [-0.05, 0) is 33.8 Å². The molecule has 2 heterocycles. The van der Waals surface area contributed by atoms with Gasteiger partial charge in [0.2, 0.25) is 0 Å². The number of benzene rings is 1. The maximum absolute atomic E-state index is 5.95. The summed E-state index contributed by atoms with van der Waals surface area (Å²) in [5.74, 6) is 1.71. The van der Waals surface area contributed by atoms with Crippen LogP contribution in [0.1, 0.15) is 33.8 Å². The Morgan fingerprint density at radius 3 is 2.69 bits per heavy atom. The Morgan fingerprint density at radius 1 is 1.19 bits per heavy atom. The number of aromatic nitrogens is 1. The van der Waals surface area contributed by atoms with E-state index in [9.17, 15) is 0 Å². The summed E-state index contributed by atoms with van der Waals surface area (Å²) < 4.78 is 5.95. The highest BCUT2D eigenvalue weighted by Gasteiger charge is 2.10. The van der Waals surface area contributed by atoms with Crippen LogP contribution in [0.15, 0.2) is 33.7 Å². The number of fused-ring (bicyclic) bond motifs is 1. The SMILES string of the molecule is CCNC(=NCc1oc2ccccc2c1C)NCCc1nc(C)c(C)s1. The summed E-state index contributed by atoms with van der Waals surface area (Å²) in [7, 11) is 0. The molecule has 0 saturated heterocycles. The van der Waals surface area contributed by atoms with Crippen molar-refractivity contribution in [1.29, 1.82) is 0 Å². The molecule has 0 aliphatic carbocycles. The van der Waals surface area contributed by atoms with Crippen LogP contribution < -0.4 is 10.6 Å². The van der Waals surface area contributed by atoms with Gasteiger partial charge in [-0.2, -0.15) is 0 Å². The van der Waals surface area contributed by atoms with Gasteiger partial charge in [-0.3, -0.25) is 0 Å². The van der Waals surface area contributed by atoms with Crippen molar-refractivity contribution < 1.29 is 4.42 Å². The molecule has 0 fully saturated rings. The predicted molar refractivity (Wildman–Crippen MR) is 109 cm³/mol. The number of thiazole rings is 1. The van der Waals surface area contributed by atoms with Gasteiger partial charge in [0.25, 0.3) is 0 Å². The number of rotatable bonds is 6. The molecule has 0 aliphatic rings. The molecule has 0 atom stereocenters. The van der Waals surface area contributed by atoms with E-state index in [0.29, 0.717) is 6.54 Å². The van der Waals surface area contributed by atoms with Crippen molar-refractivity contribution in [3.05, 3.63) is 51.2 Å². The van der Waals surface area contributed by atoms with E-state index in [1.165, 1.54) is 4.88 Å². The molecule has 138 valence electrons. The Morgan fingerprint density at radius 2 is 2.00 bits per heavy atom. The van der Waals surface area contributed by atoms with Crippen molar-refractivity contribution in [2.45, 2.75) is 40.7 Å². The summed E-state index contributed by atoms with van der Waals surface area (Å²) in [4.78, 5) is 10.6. The minimum Gasteiger partial charge on any atom is -0.459 e. The van der Waals surface area contributed by atoms with Crippen molar-refractivity contribution >= 4 is 28.3 Å². The number of aryl methyl sites for hydroxylation is 3. The molecule has 0 radical (unpaired) electrons. The molecule has 0 spiro atoms. The zero-order chi connectivity index (χ0) is 18.5. The lowest BCUT2D eigenvalue weighted by Crippen LogP contribution is -2.38. The van der Waals surface area contributed by atoms with Crippen LogP contribution in [0.2, 0.25) is 0 Å². The first-order valence-electron chi connectivity index (χ1n) is 9.00. The number of hydrogen-bond acceptors (Lipinski definition) is 4. The largest absolute Gasteiger partial charge is 0.459 e. The summed E-state index contributed by atoms with van der Waals surface area (Å²) >= 11 is 1.77. The van der Waals surface area contributed by atoms with Crippen LogP contribution in [0, 0.1) is 20.8 Å². The number of nitrogens with zero attached hydrogens (tertiary/aromatic N) is 2. The van der Waals surface area contributed by atoms with Crippen LogP contribution in [0.25, 0.3) is 11.0 Å². The lowest BCUT2D eigenvalue weighted by atomic mass is 10.1. The van der Waals surface area contributed by atoms with Crippen molar-refractivity contribution in [3.63, 3.8) is 0 Å². The Kier molecular flexibility index (Phi) is 5.93. The van der Waals surface area contributed by atoms with E-state index in [2.05, 4.69) is 54.4 Å². The Bertz CT molecular complexity index is 890. The number of aliphatic imine (C=N–C) groups is 1. The molecule has 6 heteroatoms. The van der Waals surface area contributed by atoms with Crippen molar-refractivity contribution in [1.82, 2.24) is 15.6 Å². The van der Waals surface area contributed by atoms with E-state index in [4.69, 9.17) is 4.42 Å². The molecule has 2 N–H and O–H groups in total. The second-order valence-corrected chi connectivity index (χ2v) is 7.56. The zero-order valence-electron chi connectivity index (χ0n) is 15.8. The van der Waals surface area contributed by atoms with Gasteiger partial charge in [-0.1, -0.05) is 18.2 Å². The third-order valence-corrected chi connectivity index (χ3v) is 5.50. The zero-order valence-corrected chi connectivity index (χ0v) is 16.7. The van der Waals surface area contributed by atoms with E-state index < -0.39 is 0 Å². The highest BCUT2D eigenvalue weighted by molar-refractivity contribution is 7.11. The van der Waals surface area contributed by atoms with Crippen LogP contribution in [0.3, 0.4) is 0 Å². The van der Waals surface area contributed by atoms with Gasteiger partial charge in [0, 0.05) is 35.3 Å². The van der Waals surface area contributed by atoms with E-state index in [-0.39, 0.29) is 0 Å². The van der Waals surface area contributed by atoms with Gasteiger partial charge in [-0.25, -0.2) is 9.98 Å². The lowest BCUT2D eigenvalue weighted by molar-refractivity contribution is 0.548. The number of nitrogens with one attached hydrogen (secondary N) is 2. The first kappa shape index (κ1) is 18.5. The molecule has 0 aliphatic heterocycles. The number of guanidine groups is 1. The second-order valence-electron chi connectivity index (χ2n) is 6.27. The molecule has 0 saturated carbocycles. The van der Waals surface area contributed by atoms with Crippen LogP contribution in [0.4, 0.5) is 0 Å². The molecule has 3 rings (SSSR count). The number of hydrogen-bond donors (Lipinski definition) is 2. The standard InChI is InChI=1S/C20H26N4OS/c1-5-21-20(22-11-10-19-24-14(3)15(4)26-19)23-12-18-13(2)16-8-6-7-9-17(16)25-18/h6-9H,5,10-12H2,1-4H3,(H2,21,22,23). The Labute approximate surface area is 158 Å². The van der Waals surface area contributed by atoms with E-state index in [1.807, 2.05) is 18.2 Å². The Hall–Kier alpha value is -2.34. The van der Waals surface area contributed by atoms with E-state index >= 15 is 0 Å². The normalized spacial score (nSPS) is 11.9. The molecular formula is C20H26N4OS. The quantitative estimate of drug-likeness (QED) is 0.506. The maximum Gasteiger partial charge on any atom is 0.191 e. The average Bonchev–Trinajstić information content (AvgIpc) is 3.12. The smallest absolute Gasteiger partial charge is 0.191 e. The molecule has 0 amide bonds. The fourth-order valence-electron chi connectivity index (χ4n) is 2.80. The van der Waals surface area contributed by atoms with Gasteiger partial charge >= 0.3 is 0 Å². The third-order valence-electron chi connectivity index (χ3n) is 4.37. The molecular weight excluding hydrogens is 344 g/mol. The number of para-hydroxylation sites is 1. The van der Waals surface area contributed by atoms with Gasteiger partial charge in [0.1, 0.15) is 17.9 Å². The van der Waals surface area contributed by atoms with Crippen LogP contribution in [0.5, 0.6) is 0 Å². The fourth-order valence-corrected chi connectivity index (χ4v) is 3.74.